The molecule has 110 valence electrons. The quantitative estimate of drug-likeness (QED) is 0.657. The van der Waals surface area contributed by atoms with Gasteiger partial charge in [-0.15, -0.1) is 0 Å². The first-order valence-electron chi connectivity index (χ1n) is 6.42. The number of hydrogen-bond acceptors (Lipinski definition) is 3. The van der Waals surface area contributed by atoms with Gasteiger partial charge in [0.05, 0.1) is 4.92 Å². The van der Waals surface area contributed by atoms with Crippen LogP contribution in [0, 0.1) is 10.1 Å². The lowest BCUT2D eigenvalue weighted by atomic mass is 9.78. The van der Waals surface area contributed by atoms with Crippen LogP contribution in [0.15, 0.2) is 12.1 Å². The Balaban J connectivity index is 3.83. The van der Waals surface area contributed by atoms with Gasteiger partial charge in [0.1, 0.15) is 5.56 Å². The van der Waals surface area contributed by atoms with Crippen molar-refractivity contribution in [1.82, 2.24) is 0 Å². The predicted molar refractivity (Wildman–Crippen MR) is 77.5 cm³/mol. The number of hydrogen-bond donors (Lipinski definition) is 1. The summed E-state index contributed by atoms with van der Waals surface area (Å²) in [5, 5.41) is 20.6. The first kappa shape index (κ1) is 16.1. The molecule has 0 aliphatic heterocycles. The highest BCUT2D eigenvalue weighted by Crippen LogP contribution is 2.38. The third-order valence-corrected chi connectivity index (χ3v) is 3.20. The van der Waals surface area contributed by atoms with E-state index in [0.717, 1.165) is 5.56 Å². The monoisotopic (exact) mass is 279 g/mol. The van der Waals surface area contributed by atoms with Crippen LogP contribution in [0.4, 0.5) is 5.69 Å². The third kappa shape index (κ3) is 3.15. The smallest absolute Gasteiger partial charge is 0.342 e. The number of nitrogens with zero attached hydrogens (tertiary/aromatic N) is 1. The minimum Gasteiger partial charge on any atom is -0.477 e. The molecule has 0 heterocycles. The van der Waals surface area contributed by atoms with Crippen LogP contribution in [0.25, 0.3) is 0 Å². The van der Waals surface area contributed by atoms with E-state index in [1.165, 1.54) is 6.07 Å². The van der Waals surface area contributed by atoms with Crippen molar-refractivity contribution in [2.75, 3.05) is 0 Å². The fourth-order valence-corrected chi connectivity index (χ4v) is 2.00. The van der Waals surface area contributed by atoms with E-state index in [2.05, 4.69) is 0 Å². The molecule has 0 aromatic heterocycles. The molecular formula is C15H21NO4. The second-order valence-electron chi connectivity index (χ2n) is 6.98. The minimum absolute atomic E-state index is 0.243. The van der Waals surface area contributed by atoms with Gasteiger partial charge in [0.25, 0.3) is 5.69 Å². The topological polar surface area (TPSA) is 80.4 Å². The Bertz CT molecular complexity index is 562. The van der Waals surface area contributed by atoms with Gasteiger partial charge in [-0.3, -0.25) is 10.1 Å². The highest BCUT2D eigenvalue weighted by Gasteiger charge is 2.33. The van der Waals surface area contributed by atoms with Gasteiger partial charge in [-0.05, 0) is 28.5 Å². The van der Waals surface area contributed by atoms with Gasteiger partial charge in [-0.1, -0.05) is 41.5 Å². The molecule has 0 aliphatic rings. The Morgan fingerprint density at radius 1 is 1.10 bits per heavy atom. The lowest BCUT2D eigenvalue weighted by Crippen LogP contribution is -2.20. The number of rotatable bonds is 2. The highest BCUT2D eigenvalue weighted by atomic mass is 16.6. The predicted octanol–water partition coefficient (Wildman–Crippen LogP) is 3.89. The molecule has 5 heteroatoms. The van der Waals surface area contributed by atoms with Crippen LogP contribution in [0.1, 0.15) is 63.0 Å². The van der Waals surface area contributed by atoms with E-state index in [9.17, 15) is 20.0 Å². The Morgan fingerprint density at radius 2 is 1.60 bits per heavy atom. The summed E-state index contributed by atoms with van der Waals surface area (Å²) in [7, 11) is 0. The largest absolute Gasteiger partial charge is 0.477 e. The van der Waals surface area contributed by atoms with Crippen molar-refractivity contribution in [1.29, 1.82) is 0 Å². The number of carboxylic acids is 1. The molecule has 0 bridgehead atoms. The zero-order chi connectivity index (χ0) is 15.9. The molecule has 0 atom stereocenters. The van der Waals surface area contributed by atoms with E-state index in [-0.39, 0.29) is 16.7 Å². The number of nitro groups is 1. The second kappa shape index (κ2) is 4.89. The van der Waals surface area contributed by atoms with E-state index in [4.69, 9.17) is 0 Å². The maximum Gasteiger partial charge on any atom is 0.342 e. The van der Waals surface area contributed by atoms with E-state index >= 15 is 0 Å². The van der Waals surface area contributed by atoms with Gasteiger partial charge in [0, 0.05) is 5.56 Å². The number of benzene rings is 1. The Kier molecular flexibility index (Phi) is 3.94. The molecule has 0 fully saturated rings. The summed E-state index contributed by atoms with van der Waals surface area (Å²) in [6, 6.07) is 3.17. The normalized spacial score (nSPS) is 12.3. The van der Waals surface area contributed by atoms with Gasteiger partial charge < -0.3 is 5.11 Å². The Morgan fingerprint density at radius 3 is 1.90 bits per heavy atom. The molecule has 1 aromatic carbocycles. The van der Waals surface area contributed by atoms with E-state index < -0.39 is 16.3 Å². The number of aromatic carboxylic acids is 1. The molecule has 0 saturated heterocycles. The SMILES string of the molecule is CC(C)(C)c1cc(C(=O)O)c([N+](=O)[O-])c(C(C)(C)C)c1. The molecule has 1 rings (SSSR count). The molecule has 0 radical (unpaired) electrons. The third-order valence-electron chi connectivity index (χ3n) is 3.20. The summed E-state index contributed by atoms with van der Waals surface area (Å²) < 4.78 is 0. The zero-order valence-electron chi connectivity index (χ0n) is 12.8. The van der Waals surface area contributed by atoms with Crippen LogP contribution in [-0.4, -0.2) is 16.0 Å². The summed E-state index contributed by atoms with van der Waals surface area (Å²) in [6.45, 7) is 11.4. The van der Waals surface area contributed by atoms with Crippen LogP contribution >= 0.6 is 0 Å². The molecule has 0 spiro atoms. The molecule has 1 N–H and O–H groups in total. The summed E-state index contributed by atoms with van der Waals surface area (Å²) in [5.41, 5.74) is -0.101. The van der Waals surface area contributed by atoms with Gasteiger partial charge >= 0.3 is 5.97 Å². The first-order chi connectivity index (χ1) is 8.85. The maximum atomic E-state index is 11.4. The van der Waals surface area contributed by atoms with Crippen molar-refractivity contribution in [3.8, 4) is 0 Å². The molecule has 0 aliphatic carbocycles. The van der Waals surface area contributed by atoms with Crippen LogP contribution < -0.4 is 0 Å². The molecule has 0 saturated carbocycles. The summed E-state index contributed by atoms with van der Waals surface area (Å²) in [6.07, 6.45) is 0. The summed E-state index contributed by atoms with van der Waals surface area (Å²) in [5.74, 6) is -1.27. The lowest BCUT2D eigenvalue weighted by molar-refractivity contribution is -0.386. The standard InChI is InChI=1S/C15H21NO4/c1-14(2,3)9-7-10(13(17)18)12(16(19)20)11(8-9)15(4,5)6/h7-8H,1-6H3,(H,17,18). The van der Waals surface area contributed by atoms with Crippen LogP contribution in [-0.2, 0) is 10.8 Å². The Labute approximate surface area is 118 Å². The molecule has 5 nitrogen and oxygen atoms in total. The average Bonchev–Trinajstić information content (AvgIpc) is 2.24. The van der Waals surface area contributed by atoms with Crippen LogP contribution in [0.3, 0.4) is 0 Å². The van der Waals surface area contributed by atoms with Crippen molar-refractivity contribution in [2.24, 2.45) is 0 Å². The van der Waals surface area contributed by atoms with Gasteiger partial charge in [-0.25, -0.2) is 4.79 Å². The number of carbonyl (C=O) groups is 1. The van der Waals surface area contributed by atoms with Gasteiger partial charge in [0.2, 0.25) is 0 Å². The fraction of sp³-hybridized carbons (Fsp3) is 0.533. The van der Waals surface area contributed by atoms with Crippen molar-refractivity contribution >= 4 is 11.7 Å². The summed E-state index contributed by atoms with van der Waals surface area (Å²) >= 11 is 0. The van der Waals surface area contributed by atoms with Gasteiger partial charge in [0.15, 0.2) is 0 Å². The van der Waals surface area contributed by atoms with E-state index in [0.29, 0.717) is 5.56 Å². The second-order valence-corrected chi connectivity index (χ2v) is 6.98. The molecule has 1 aromatic rings. The average molecular weight is 279 g/mol. The van der Waals surface area contributed by atoms with Crippen molar-refractivity contribution < 1.29 is 14.8 Å². The summed E-state index contributed by atoms with van der Waals surface area (Å²) in [4.78, 5) is 22.1. The number of nitro benzene ring substituents is 1. The lowest BCUT2D eigenvalue weighted by Gasteiger charge is -2.25. The first-order valence-corrected chi connectivity index (χ1v) is 6.42. The number of carboxylic acid groups (broad SMARTS) is 1. The van der Waals surface area contributed by atoms with Crippen molar-refractivity contribution in [3.63, 3.8) is 0 Å². The fourth-order valence-electron chi connectivity index (χ4n) is 2.00. The van der Waals surface area contributed by atoms with Crippen molar-refractivity contribution in [3.05, 3.63) is 38.9 Å². The van der Waals surface area contributed by atoms with Gasteiger partial charge in [-0.2, -0.15) is 0 Å². The molecular weight excluding hydrogens is 258 g/mol. The molecule has 0 amide bonds. The van der Waals surface area contributed by atoms with Crippen molar-refractivity contribution in [2.45, 2.75) is 52.4 Å². The molecule has 0 unspecified atom stereocenters. The van der Waals surface area contributed by atoms with E-state index in [1.54, 1.807) is 6.07 Å². The van der Waals surface area contributed by atoms with Crippen LogP contribution in [0.5, 0.6) is 0 Å². The molecule has 20 heavy (non-hydrogen) atoms. The highest BCUT2D eigenvalue weighted by molar-refractivity contribution is 5.93. The van der Waals surface area contributed by atoms with E-state index in [1.807, 2.05) is 41.5 Å². The minimum atomic E-state index is -1.27. The Hall–Kier alpha value is -1.91. The zero-order valence-corrected chi connectivity index (χ0v) is 12.8. The van der Waals surface area contributed by atoms with Crippen LogP contribution in [0.2, 0.25) is 0 Å². The maximum absolute atomic E-state index is 11.4.